The van der Waals surface area contributed by atoms with Crippen LogP contribution in [-0.4, -0.2) is 30.2 Å². The Kier molecular flexibility index (Phi) is 7.48. The van der Waals surface area contributed by atoms with Gasteiger partial charge in [-0.3, -0.25) is 20.2 Å². The summed E-state index contributed by atoms with van der Waals surface area (Å²) in [4.78, 5) is 38.7. The van der Waals surface area contributed by atoms with Crippen LogP contribution in [0.1, 0.15) is 54.6 Å². The average molecular weight is 599 g/mol. The predicted molar refractivity (Wildman–Crippen MR) is 156 cm³/mol. The van der Waals surface area contributed by atoms with Crippen LogP contribution < -0.4 is 21.7 Å². The van der Waals surface area contributed by atoms with Gasteiger partial charge in [0.15, 0.2) is 6.23 Å². The molecule has 2 aliphatic heterocycles. The molecule has 1 saturated heterocycles. The zero-order chi connectivity index (χ0) is 29.7. The molecule has 1 spiro atoms. The number of benzene rings is 3. The monoisotopic (exact) mass is 598 g/mol. The minimum atomic E-state index is -1.37. The van der Waals surface area contributed by atoms with Gasteiger partial charge in [0.05, 0.1) is 10.9 Å². The fraction of sp³-hybridized carbons (Fsp3) is 0.300. The topological polar surface area (TPSA) is 123 Å². The number of rotatable bonds is 5. The van der Waals surface area contributed by atoms with Crippen LogP contribution in [0.3, 0.4) is 0 Å². The number of carbonyl (C=O) groups is 3. The average Bonchev–Trinajstić information content (AvgIpc) is 3.33. The second-order valence-electron chi connectivity index (χ2n) is 11.5. The first-order valence-electron chi connectivity index (χ1n) is 13.0. The molecule has 4 atom stereocenters. The van der Waals surface area contributed by atoms with Crippen molar-refractivity contribution in [3.8, 4) is 0 Å². The molecule has 0 bridgehead atoms. The van der Waals surface area contributed by atoms with Gasteiger partial charge in [-0.25, -0.2) is 9.18 Å². The van der Waals surface area contributed by atoms with E-state index >= 15 is 4.39 Å². The highest BCUT2D eigenvalue weighted by Crippen LogP contribution is 2.57. The molecule has 2 aliphatic rings. The van der Waals surface area contributed by atoms with E-state index in [-0.39, 0.29) is 27.5 Å². The molecule has 5 rings (SSSR count). The zero-order valence-corrected chi connectivity index (χ0v) is 24.1. The van der Waals surface area contributed by atoms with Gasteiger partial charge in [0.2, 0.25) is 11.8 Å². The number of halogens is 3. The molecular weight excluding hydrogens is 570 g/mol. The van der Waals surface area contributed by atoms with Gasteiger partial charge in [0.1, 0.15) is 11.2 Å². The number of nitrogens with one attached hydrogen (secondary N) is 3. The molecule has 2 heterocycles. The first-order valence-corrected chi connectivity index (χ1v) is 13.8. The molecule has 11 heteroatoms. The highest BCUT2D eigenvalue weighted by molar-refractivity contribution is 6.31. The van der Waals surface area contributed by atoms with E-state index < -0.39 is 41.4 Å². The van der Waals surface area contributed by atoms with Gasteiger partial charge in [-0.2, -0.15) is 0 Å². The number of hydrogen-bond acceptors (Lipinski definition) is 5. The maximum Gasteiger partial charge on any atom is 0.413 e. The number of nitrogens with two attached hydrogens (primary N) is 1. The molecule has 3 aromatic rings. The van der Waals surface area contributed by atoms with E-state index in [0.29, 0.717) is 28.4 Å². The van der Waals surface area contributed by atoms with Crippen LogP contribution in [0, 0.1) is 11.2 Å². The summed E-state index contributed by atoms with van der Waals surface area (Å²) in [5, 5.41) is 9.22. The summed E-state index contributed by atoms with van der Waals surface area (Å²) < 4.78 is 21.7. The van der Waals surface area contributed by atoms with Crippen LogP contribution in [0.25, 0.3) is 0 Å². The van der Waals surface area contributed by atoms with Crippen LogP contribution in [0.5, 0.6) is 0 Å². The lowest BCUT2D eigenvalue weighted by Gasteiger charge is -2.37. The van der Waals surface area contributed by atoms with E-state index in [2.05, 4.69) is 16.0 Å². The Morgan fingerprint density at radius 1 is 1.10 bits per heavy atom. The van der Waals surface area contributed by atoms with Gasteiger partial charge in [0, 0.05) is 28.0 Å². The Balaban J connectivity index is 1.61. The standard InChI is InChI=1S/C30H29Cl2FN4O4/c1-29(2,3)14-22-30(19-12-9-16(31)13-21(19)36-27(30)39)23(18-5-4-6-20(32)24(18)33)26(37-22)41-28(40)35-17-10-7-15(8-11-17)25(34)38/h4-13,22-23,26,37H,14H2,1-3H3,(H2,34,38)(H,35,40)(H,36,39)/t22-,23-,26+,30+/m0/s1. The van der Waals surface area contributed by atoms with Crippen LogP contribution in [0.15, 0.2) is 60.7 Å². The lowest BCUT2D eigenvalue weighted by atomic mass is 9.63. The molecule has 5 N–H and O–H groups in total. The van der Waals surface area contributed by atoms with Crippen molar-refractivity contribution in [2.75, 3.05) is 10.6 Å². The van der Waals surface area contributed by atoms with Crippen molar-refractivity contribution >= 4 is 52.5 Å². The summed E-state index contributed by atoms with van der Waals surface area (Å²) in [6.07, 6.45) is -1.49. The van der Waals surface area contributed by atoms with Crippen LogP contribution >= 0.6 is 23.2 Å². The quantitative estimate of drug-likeness (QED) is 0.279. The molecule has 0 saturated carbocycles. The van der Waals surface area contributed by atoms with Gasteiger partial charge >= 0.3 is 6.09 Å². The van der Waals surface area contributed by atoms with Gasteiger partial charge < -0.3 is 15.8 Å². The number of carbonyl (C=O) groups excluding carboxylic acids is 3. The predicted octanol–water partition coefficient (Wildman–Crippen LogP) is 6.19. The first-order chi connectivity index (χ1) is 19.3. The molecular formula is C30H29Cl2FN4O4. The summed E-state index contributed by atoms with van der Waals surface area (Å²) in [6, 6.07) is 15.0. The summed E-state index contributed by atoms with van der Waals surface area (Å²) in [6.45, 7) is 6.09. The number of fused-ring (bicyclic) bond motifs is 2. The van der Waals surface area contributed by atoms with Crippen molar-refractivity contribution in [2.45, 2.75) is 50.8 Å². The minimum Gasteiger partial charge on any atom is -0.429 e. The number of anilines is 2. The number of ether oxygens (including phenoxy) is 1. The van der Waals surface area contributed by atoms with E-state index in [1.807, 2.05) is 20.8 Å². The summed E-state index contributed by atoms with van der Waals surface area (Å²) >= 11 is 12.5. The lowest BCUT2D eigenvalue weighted by Crippen LogP contribution is -2.49. The van der Waals surface area contributed by atoms with Gasteiger partial charge in [-0.1, -0.05) is 62.2 Å². The third kappa shape index (κ3) is 5.25. The summed E-state index contributed by atoms with van der Waals surface area (Å²) in [7, 11) is 0. The Morgan fingerprint density at radius 2 is 1.80 bits per heavy atom. The van der Waals surface area contributed by atoms with Crippen molar-refractivity contribution < 1.29 is 23.5 Å². The lowest BCUT2D eigenvalue weighted by molar-refractivity contribution is -0.122. The Morgan fingerprint density at radius 3 is 2.46 bits per heavy atom. The molecule has 0 aliphatic carbocycles. The van der Waals surface area contributed by atoms with E-state index in [1.54, 1.807) is 30.3 Å². The summed E-state index contributed by atoms with van der Waals surface area (Å²) in [5.74, 6) is -2.68. The SMILES string of the molecule is CC(C)(C)C[C@@H]1N[C@H](OC(=O)Nc2ccc(C(N)=O)cc2)[C@H](c2cccc(Cl)c2F)[C@]12C(=O)Nc1cc(Cl)ccc12. The molecule has 0 radical (unpaired) electrons. The molecule has 3 amide bonds. The van der Waals surface area contributed by atoms with E-state index in [9.17, 15) is 14.4 Å². The van der Waals surface area contributed by atoms with Crippen molar-refractivity contribution in [2.24, 2.45) is 11.1 Å². The smallest absolute Gasteiger partial charge is 0.413 e. The Labute approximate surface area is 246 Å². The van der Waals surface area contributed by atoms with Crippen LogP contribution in [0.2, 0.25) is 10.0 Å². The van der Waals surface area contributed by atoms with Crippen molar-refractivity contribution in [3.05, 3.63) is 93.2 Å². The van der Waals surface area contributed by atoms with Gasteiger partial charge in [0.25, 0.3) is 0 Å². The van der Waals surface area contributed by atoms with E-state index in [1.165, 1.54) is 30.3 Å². The molecule has 214 valence electrons. The number of amides is 3. The highest BCUT2D eigenvalue weighted by Gasteiger charge is 2.66. The van der Waals surface area contributed by atoms with E-state index in [0.717, 1.165) is 0 Å². The van der Waals surface area contributed by atoms with Gasteiger partial charge in [-0.05, 0) is 65.4 Å². The molecule has 1 fully saturated rings. The number of primary amides is 1. The van der Waals surface area contributed by atoms with Crippen molar-refractivity contribution in [1.82, 2.24) is 5.32 Å². The summed E-state index contributed by atoms with van der Waals surface area (Å²) in [5.41, 5.74) is 5.54. The van der Waals surface area contributed by atoms with Crippen LogP contribution in [0.4, 0.5) is 20.6 Å². The van der Waals surface area contributed by atoms with E-state index in [4.69, 9.17) is 33.7 Å². The molecule has 0 unspecified atom stereocenters. The molecule has 0 aromatic heterocycles. The first kappa shape index (κ1) is 28.9. The number of hydrogen-bond donors (Lipinski definition) is 4. The molecule has 3 aromatic carbocycles. The molecule has 8 nitrogen and oxygen atoms in total. The normalized spacial score (nSPS) is 23.3. The Hall–Kier alpha value is -3.66. The maximum atomic E-state index is 15.8. The third-order valence-corrected chi connectivity index (χ3v) is 8.07. The second kappa shape index (κ2) is 10.6. The maximum absolute atomic E-state index is 15.8. The Bertz CT molecular complexity index is 1540. The fourth-order valence-corrected chi connectivity index (χ4v) is 6.30. The largest absolute Gasteiger partial charge is 0.429 e. The third-order valence-electron chi connectivity index (χ3n) is 7.54. The van der Waals surface area contributed by atoms with Crippen molar-refractivity contribution in [3.63, 3.8) is 0 Å². The van der Waals surface area contributed by atoms with Crippen molar-refractivity contribution in [1.29, 1.82) is 0 Å². The molecule has 41 heavy (non-hydrogen) atoms. The fourth-order valence-electron chi connectivity index (χ4n) is 5.95. The second-order valence-corrected chi connectivity index (χ2v) is 12.4. The highest BCUT2D eigenvalue weighted by atomic mass is 35.5. The van der Waals surface area contributed by atoms with Crippen LogP contribution in [-0.2, 0) is 14.9 Å². The minimum absolute atomic E-state index is 0.121. The van der Waals surface area contributed by atoms with Gasteiger partial charge in [-0.15, -0.1) is 0 Å². The zero-order valence-electron chi connectivity index (χ0n) is 22.6.